The normalized spacial score (nSPS) is 11.8. The van der Waals surface area contributed by atoms with Crippen molar-refractivity contribution in [1.29, 1.82) is 0 Å². The minimum Gasteiger partial charge on any atom is -0.224 e. The molecule has 2 rings (SSSR count). The molecule has 71 valence electrons. The molecule has 0 atom stereocenters. The molecule has 2 nitrogen and oxygen atoms in total. The minimum atomic E-state index is -3.15. The molecule has 0 aromatic heterocycles. The first-order valence-electron chi connectivity index (χ1n) is 4.18. The summed E-state index contributed by atoms with van der Waals surface area (Å²) < 4.78 is 22.9. The van der Waals surface area contributed by atoms with Crippen molar-refractivity contribution >= 4 is 20.6 Å². The maximum Gasteiger partial charge on any atom is 0.176 e. The summed E-state index contributed by atoms with van der Waals surface area (Å²) in [5, 5.41) is 1.56. The van der Waals surface area contributed by atoms with Crippen LogP contribution in [-0.2, 0) is 9.84 Å². The van der Waals surface area contributed by atoms with Crippen LogP contribution < -0.4 is 0 Å². The molecule has 0 saturated carbocycles. The standard InChI is InChI=1S/C11H9O2S/c1-14(12,13)11-8-4-6-9-5-2-3-7-10(9)11/h2-4,6-8H,1H3. The molecule has 0 spiro atoms. The Balaban J connectivity index is 2.92. The zero-order valence-electron chi connectivity index (χ0n) is 7.69. The monoisotopic (exact) mass is 205 g/mol. The van der Waals surface area contributed by atoms with E-state index in [1.165, 1.54) is 6.26 Å². The van der Waals surface area contributed by atoms with Gasteiger partial charge < -0.3 is 0 Å². The van der Waals surface area contributed by atoms with Crippen molar-refractivity contribution in [2.75, 3.05) is 6.26 Å². The number of benzene rings is 2. The topological polar surface area (TPSA) is 34.1 Å². The summed E-state index contributed by atoms with van der Waals surface area (Å²) in [6, 6.07) is 13.6. The highest BCUT2D eigenvalue weighted by molar-refractivity contribution is 7.91. The Hall–Kier alpha value is -1.35. The lowest BCUT2D eigenvalue weighted by Crippen LogP contribution is -1.97. The molecule has 0 N–H and O–H groups in total. The predicted molar refractivity (Wildman–Crippen MR) is 55.9 cm³/mol. The van der Waals surface area contributed by atoms with Crippen molar-refractivity contribution in [2.45, 2.75) is 4.90 Å². The van der Waals surface area contributed by atoms with Crippen LogP contribution in [0.15, 0.2) is 41.3 Å². The van der Waals surface area contributed by atoms with Crippen molar-refractivity contribution in [2.24, 2.45) is 0 Å². The summed E-state index contributed by atoms with van der Waals surface area (Å²) >= 11 is 0. The van der Waals surface area contributed by atoms with Crippen LogP contribution in [0.25, 0.3) is 10.8 Å². The van der Waals surface area contributed by atoms with E-state index < -0.39 is 9.84 Å². The highest BCUT2D eigenvalue weighted by Crippen LogP contribution is 2.21. The molecule has 0 aliphatic heterocycles. The lowest BCUT2D eigenvalue weighted by atomic mass is 10.1. The van der Waals surface area contributed by atoms with Crippen LogP contribution in [0, 0.1) is 6.07 Å². The van der Waals surface area contributed by atoms with E-state index >= 15 is 0 Å². The fourth-order valence-electron chi connectivity index (χ4n) is 1.45. The summed E-state index contributed by atoms with van der Waals surface area (Å²) in [6.45, 7) is 0. The third kappa shape index (κ3) is 1.51. The van der Waals surface area contributed by atoms with Gasteiger partial charge in [0.25, 0.3) is 0 Å². The first-order chi connectivity index (χ1) is 6.59. The first kappa shape index (κ1) is 9.21. The molecule has 0 fully saturated rings. The summed E-state index contributed by atoms with van der Waals surface area (Å²) in [5.74, 6) is 0. The summed E-state index contributed by atoms with van der Waals surface area (Å²) in [5.41, 5.74) is 0. The van der Waals surface area contributed by atoms with Crippen LogP contribution in [0.3, 0.4) is 0 Å². The lowest BCUT2D eigenvalue weighted by molar-refractivity contribution is 0.602. The fraction of sp³-hybridized carbons (Fsp3) is 0.0909. The van der Waals surface area contributed by atoms with E-state index in [1.54, 1.807) is 30.3 Å². The summed E-state index contributed by atoms with van der Waals surface area (Å²) in [7, 11) is -3.15. The van der Waals surface area contributed by atoms with Crippen LogP contribution in [0.2, 0.25) is 0 Å². The third-order valence-corrected chi connectivity index (χ3v) is 3.22. The number of hydrogen-bond acceptors (Lipinski definition) is 2. The van der Waals surface area contributed by atoms with Crippen LogP contribution in [0.1, 0.15) is 0 Å². The SMILES string of the molecule is CS(=O)(=O)c1cccc2[c]cccc12. The maximum absolute atomic E-state index is 11.4. The van der Waals surface area contributed by atoms with E-state index in [4.69, 9.17) is 0 Å². The third-order valence-electron chi connectivity index (χ3n) is 2.06. The molecule has 0 heterocycles. The smallest absolute Gasteiger partial charge is 0.176 e. The average molecular weight is 205 g/mol. The number of rotatable bonds is 1. The van der Waals surface area contributed by atoms with Crippen LogP contribution >= 0.6 is 0 Å². The Kier molecular flexibility index (Phi) is 2.04. The molecular weight excluding hydrogens is 196 g/mol. The van der Waals surface area contributed by atoms with E-state index in [0.29, 0.717) is 4.90 Å². The first-order valence-corrected chi connectivity index (χ1v) is 6.08. The molecule has 2 aromatic rings. The highest BCUT2D eigenvalue weighted by atomic mass is 32.2. The Morgan fingerprint density at radius 3 is 2.64 bits per heavy atom. The Labute approximate surface area is 83.1 Å². The van der Waals surface area contributed by atoms with Crippen LogP contribution in [-0.4, -0.2) is 14.7 Å². The number of hydrogen-bond donors (Lipinski definition) is 0. The molecule has 2 aromatic carbocycles. The Bertz CT molecular complexity index is 565. The molecule has 1 radical (unpaired) electrons. The van der Waals surface area contributed by atoms with Crippen molar-refractivity contribution in [3.63, 3.8) is 0 Å². The Morgan fingerprint density at radius 1 is 1.14 bits per heavy atom. The van der Waals surface area contributed by atoms with Crippen molar-refractivity contribution in [3.05, 3.63) is 42.5 Å². The Morgan fingerprint density at radius 2 is 1.93 bits per heavy atom. The van der Waals surface area contributed by atoms with Gasteiger partial charge in [-0.2, -0.15) is 0 Å². The number of fused-ring (bicyclic) bond motifs is 1. The van der Waals surface area contributed by atoms with Crippen molar-refractivity contribution in [1.82, 2.24) is 0 Å². The average Bonchev–Trinajstić information content (AvgIpc) is 2.15. The van der Waals surface area contributed by atoms with Gasteiger partial charge in [0.2, 0.25) is 0 Å². The molecule has 0 unspecified atom stereocenters. The number of sulfone groups is 1. The zero-order valence-corrected chi connectivity index (χ0v) is 8.51. The van der Waals surface area contributed by atoms with Gasteiger partial charge in [0.1, 0.15) is 0 Å². The zero-order chi connectivity index (χ0) is 10.2. The highest BCUT2D eigenvalue weighted by Gasteiger charge is 2.10. The van der Waals surface area contributed by atoms with Gasteiger partial charge in [0, 0.05) is 11.6 Å². The second-order valence-corrected chi connectivity index (χ2v) is 5.14. The maximum atomic E-state index is 11.4. The summed E-state index contributed by atoms with van der Waals surface area (Å²) in [6.07, 6.45) is 1.22. The van der Waals surface area contributed by atoms with Gasteiger partial charge in [0.15, 0.2) is 9.84 Å². The van der Waals surface area contributed by atoms with E-state index in [-0.39, 0.29) is 0 Å². The van der Waals surface area contributed by atoms with Crippen LogP contribution in [0.5, 0.6) is 0 Å². The van der Waals surface area contributed by atoms with Gasteiger partial charge in [-0.3, -0.25) is 0 Å². The quantitative estimate of drug-likeness (QED) is 0.714. The molecule has 3 heteroatoms. The largest absolute Gasteiger partial charge is 0.224 e. The summed E-state index contributed by atoms with van der Waals surface area (Å²) in [4.78, 5) is 0.367. The van der Waals surface area contributed by atoms with E-state index in [0.717, 1.165) is 10.8 Å². The molecule has 0 bridgehead atoms. The van der Waals surface area contributed by atoms with Crippen LogP contribution in [0.4, 0.5) is 0 Å². The minimum absolute atomic E-state index is 0.367. The van der Waals surface area contributed by atoms with E-state index in [1.807, 2.05) is 6.07 Å². The molecule has 0 aliphatic carbocycles. The van der Waals surface area contributed by atoms with Gasteiger partial charge in [0.05, 0.1) is 4.90 Å². The van der Waals surface area contributed by atoms with Gasteiger partial charge in [-0.25, -0.2) is 8.42 Å². The molecule has 0 aliphatic rings. The lowest BCUT2D eigenvalue weighted by Gasteiger charge is -2.02. The molecule has 0 amide bonds. The van der Waals surface area contributed by atoms with E-state index in [9.17, 15) is 8.42 Å². The predicted octanol–water partition coefficient (Wildman–Crippen LogP) is 2.04. The van der Waals surface area contributed by atoms with E-state index in [2.05, 4.69) is 6.07 Å². The molecule has 0 saturated heterocycles. The second kappa shape index (κ2) is 3.10. The van der Waals surface area contributed by atoms with Gasteiger partial charge in [-0.05, 0) is 17.5 Å². The van der Waals surface area contributed by atoms with Gasteiger partial charge >= 0.3 is 0 Å². The van der Waals surface area contributed by atoms with Gasteiger partial charge in [-0.1, -0.05) is 30.3 Å². The molecule has 14 heavy (non-hydrogen) atoms. The second-order valence-electron chi connectivity index (χ2n) is 3.16. The van der Waals surface area contributed by atoms with Crippen molar-refractivity contribution < 1.29 is 8.42 Å². The van der Waals surface area contributed by atoms with Gasteiger partial charge in [-0.15, -0.1) is 0 Å². The molecular formula is C11H9O2S. The fourth-order valence-corrected chi connectivity index (χ4v) is 2.35. The van der Waals surface area contributed by atoms with Crippen molar-refractivity contribution in [3.8, 4) is 0 Å².